The summed E-state index contributed by atoms with van der Waals surface area (Å²) in [6.45, 7) is 0. The highest BCUT2D eigenvalue weighted by atomic mass is 32.1. The minimum absolute atomic E-state index is 0.236. The van der Waals surface area contributed by atoms with Crippen molar-refractivity contribution in [3.8, 4) is 0 Å². The SMILES string of the molecule is [3H]C(P)=C=S. The molecule has 2 heteroatoms. The van der Waals surface area contributed by atoms with Gasteiger partial charge in [-0.1, -0.05) is 0 Å². The van der Waals surface area contributed by atoms with Gasteiger partial charge in [-0.15, -0.1) is 9.24 Å². The van der Waals surface area contributed by atoms with Crippen molar-refractivity contribution in [1.29, 1.82) is 0 Å². The van der Waals surface area contributed by atoms with E-state index in [1.807, 2.05) is 0 Å². The lowest BCUT2D eigenvalue weighted by molar-refractivity contribution is 3.00. The third-order valence-corrected chi connectivity index (χ3v) is 0.530. The second-order valence-corrected chi connectivity index (χ2v) is 0.739. The van der Waals surface area contributed by atoms with E-state index >= 15 is 0 Å². The fourth-order valence-corrected chi connectivity index (χ4v) is 0. The Morgan fingerprint density at radius 1 is 2.50 bits per heavy atom. The van der Waals surface area contributed by atoms with Gasteiger partial charge in [0.1, 0.15) is 0 Å². The summed E-state index contributed by atoms with van der Waals surface area (Å²) in [4.78, 5) is 0. The molecular formula is C2H3PS. The quantitative estimate of drug-likeness (QED) is 0.317. The van der Waals surface area contributed by atoms with Crippen molar-refractivity contribution < 1.29 is 1.37 Å². The number of thiocarbonyl (C=S) groups is 1. The van der Waals surface area contributed by atoms with E-state index in [0.717, 1.165) is 0 Å². The van der Waals surface area contributed by atoms with Crippen LogP contribution in [0.1, 0.15) is 1.37 Å². The van der Waals surface area contributed by atoms with E-state index in [1.165, 1.54) is 0 Å². The molecule has 0 saturated heterocycles. The molecule has 0 aromatic heterocycles. The first kappa shape index (κ1) is 2.53. The van der Waals surface area contributed by atoms with Crippen LogP contribution in [-0.2, 0) is 0 Å². The molecule has 0 saturated carbocycles. The van der Waals surface area contributed by atoms with Crippen molar-refractivity contribution in [2.24, 2.45) is 0 Å². The normalized spacial score (nSPS) is 7.75. The Labute approximate surface area is 34.5 Å². The van der Waals surface area contributed by atoms with Crippen molar-refractivity contribution in [1.82, 2.24) is 0 Å². The first-order valence-corrected chi connectivity index (χ1v) is 1.73. The maximum Gasteiger partial charge on any atom is 0.0722 e. The van der Waals surface area contributed by atoms with E-state index in [9.17, 15) is 0 Å². The predicted molar refractivity (Wildman–Crippen MR) is 26.9 cm³/mol. The van der Waals surface area contributed by atoms with Crippen LogP contribution in [0.4, 0.5) is 0 Å². The van der Waals surface area contributed by atoms with Gasteiger partial charge in [-0.25, -0.2) is 0 Å². The lowest BCUT2D eigenvalue weighted by atomic mass is 11.3. The fourth-order valence-electron chi connectivity index (χ4n) is 0. The smallest absolute Gasteiger partial charge is 0.0722 e. The first-order valence-electron chi connectivity index (χ1n) is 1.24. The summed E-state index contributed by atoms with van der Waals surface area (Å²) in [5.41, 5.74) is 0. The third-order valence-electron chi connectivity index (χ3n) is 0.0589. The molecule has 0 aliphatic rings. The third kappa shape index (κ3) is 2.30. The van der Waals surface area contributed by atoms with Gasteiger partial charge < -0.3 is 0 Å². The van der Waals surface area contributed by atoms with Crippen LogP contribution < -0.4 is 0 Å². The molecule has 0 spiro atoms. The van der Waals surface area contributed by atoms with Crippen LogP contribution in [0.25, 0.3) is 0 Å². The summed E-state index contributed by atoms with van der Waals surface area (Å²) >= 11 is 4.18. The predicted octanol–water partition coefficient (Wildman–Crippen LogP) is 0.974. The maximum absolute atomic E-state index is 6.49. The Morgan fingerprint density at radius 2 is 2.75 bits per heavy atom. The molecule has 0 aliphatic carbocycles. The van der Waals surface area contributed by atoms with Crippen LogP contribution in [-0.4, -0.2) is 5.02 Å². The molecular weight excluding hydrogens is 87.1 g/mol. The topological polar surface area (TPSA) is 0 Å². The minimum Gasteiger partial charge on any atom is -0.104 e. The molecule has 0 aliphatic heterocycles. The highest BCUT2D eigenvalue weighted by molar-refractivity contribution is 7.78. The van der Waals surface area contributed by atoms with Gasteiger partial charge in [-0.3, -0.25) is 0 Å². The standard InChI is InChI=1S/C2H3PS/c3-1-2-4/h1H,3H2/i1T. The summed E-state index contributed by atoms with van der Waals surface area (Å²) in [5, 5.41) is 2.16. The van der Waals surface area contributed by atoms with Gasteiger partial charge in [0.2, 0.25) is 0 Å². The van der Waals surface area contributed by atoms with E-state index in [2.05, 4.69) is 26.5 Å². The van der Waals surface area contributed by atoms with Gasteiger partial charge in [0.05, 0.1) is 1.37 Å². The molecule has 22 valence electrons. The molecule has 0 fully saturated rings. The highest BCUT2D eigenvalue weighted by Gasteiger charge is 1.26. The molecule has 0 N–H and O–H groups in total. The molecule has 0 heterocycles. The average molecular weight is 92.1 g/mol. The second kappa shape index (κ2) is 3.30. The number of hydrogen-bond donors (Lipinski definition) is 0. The molecule has 0 radical (unpaired) electrons. The second-order valence-electron chi connectivity index (χ2n) is 0.246. The van der Waals surface area contributed by atoms with E-state index in [4.69, 9.17) is 1.37 Å². The average Bonchev–Trinajstić information content (AvgIpc) is 1.38. The Bertz CT molecular complexity index is 69.7. The zero-order chi connectivity index (χ0) is 4.28. The Balaban J connectivity index is 3.60. The summed E-state index contributed by atoms with van der Waals surface area (Å²) in [6, 6.07) is 0. The Morgan fingerprint density at radius 3 is 2.75 bits per heavy atom. The number of hydrogen-bond acceptors (Lipinski definition) is 1. The van der Waals surface area contributed by atoms with Crippen LogP contribution in [0.15, 0.2) is 5.79 Å². The Hall–Kier alpha value is 0.300. The van der Waals surface area contributed by atoms with E-state index in [1.54, 1.807) is 0 Å². The lowest BCUT2D eigenvalue weighted by Crippen LogP contribution is -1.16. The molecule has 0 aromatic carbocycles. The van der Waals surface area contributed by atoms with Crippen molar-refractivity contribution in [3.05, 3.63) is 5.79 Å². The molecule has 0 bridgehead atoms. The van der Waals surface area contributed by atoms with E-state index < -0.39 is 0 Å². The summed E-state index contributed by atoms with van der Waals surface area (Å²) in [6.07, 6.45) is 0. The lowest BCUT2D eigenvalue weighted by Gasteiger charge is -1.35. The molecule has 0 nitrogen and oxygen atoms in total. The van der Waals surface area contributed by atoms with Crippen LogP contribution in [0.3, 0.4) is 0 Å². The molecule has 0 rings (SSSR count). The van der Waals surface area contributed by atoms with Crippen molar-refractivity contribution >= 4 is 26.5 Å². The summed E-state index contributed by atoms with van der Waals surface area (Å²) < 4.78 is 6.49. The maximum atomic E-state index is 6.49. The van der Waals surface area contributed by atoms with E-state index in [-0.39, 0.29) is 5.79 Å². The number of rotatable bonds is 0. The highest BCUT2D eigenvalue weighted by Crippen LogP contribution is 1.69. The van der Waals surface area contributed by atoms with Gasteiger partial charge in [0.15, 0.2) is 0 Å². The first-order chi connectivity index (χ1) is 2.27. The van der Waals surface area contributed by atoms with Crippen LogP contribution in [0.2, 0.25) is 0 Å². The fraction of sp³-hybridized carbons (Fsp3) is 0. The van der Waals surface area contributed by atoms with Gasteiger partial charge in [0, 0.05) is 0 Å². The minimum atomic E-state index is 0.236. The van der Waals surface area contributed by atoms with Crippen molar-refractivity contribution in [2.75, 3.05) is 0 Å². The van der Waals surface area contributed by atoms with Crippen molar-refractivity contribution in [3.63, 3.8) is 0 Å². The molecule has 4 heavy (non-hydrogen) atoms. The van der Waals surface area contributed by atoms with Gasteiger partial charge in [0.25, 0.3) is 0 Å². The van der Waals surface area contributed by atoms with Crippen LogP contribution in [0, 0.1) is 0 Å². The zero-order valence-electron chi connectivity index (χ0n) is 2.99. The zero-order valence-corrected chi connectivity index (χ0v) is 3.96. The Kier molecular flexibility index (Phi) is 2.09. The largest absolute Gasteiger partial charge is 0.104 e. The summed E-state index contributed by atoms with van der Waals surface area (Å²) in [7, 11) is 2.10. The van der Waals surface area contributed by atoms with Gasteiger partial charge in [-0.2, -0.15) is 0 Å². The van der Waals surface area contributed by atoms with Crippen LogP contribution in [0.5, 0.6) is 0 Å². The van der Waals surface area contributed by atoms with Gasteiger partial charge >= 0.3 is 0 Å². The monoisotopic (exact) mass is 92.0 g/mol. The molecule has 1 atom stereocenters. The summed E-state index contributed by atoms with van der Waals surface area (Å²) in [5.74, 6) is 0.236. The van der Waals surface area contributed by atoms with Crippen molar-refractivity contribution in [2.45, 2.75) is 0 Å². The molecule has 0 amide bonds. The van der Waals surface area contributed by atoms with Crippen LogP contribution >= 0.6 is 21.5 Å². The molecule has 0 aromatic rings. The van der Waals surface area contributed by atoms with E-state index in [0.29, 0.717) is 0 Å². The molecule has 1 unspecified atom stereocenters. The van der Waals surface area contributed by atoms with Gasteiger partial charge in [-0.05, 0) is 23.0 Å².